The van der Waals surface area contributed by atoms with E-state index in [2.05, 4.69) is 5.10 Å². The number of aryl methyl sites for hydroxylation is 1. The van der Waals surface area contributed by atoms with Gasteiger partial charge in [0.25, 0.3) is 5.91 Å². The third kappa shape index (κ3) is 3.00. The number of aromatic nitrogens is 2. The highest BCUT2D eigenvalue weighted by molar-refractivity contribution is 5.95. The van der Waals surface area contributed by atoms with Gasteiger partial charge < -0.3 is 14.7 Å². The van der Waals surface area contributed by atoms with Crippen LogP contribution in [0.15, 0.2) is 12.4 Å². The summed E-state index contributed by atoms with van der Waals surface area (Å²) in [6, 6.07) is -0.0965. The molecule has 1 aromatic heterocycles. The van der Waals surface area contributed by atoms with Crippen LogP contribution >= 0.6 is 0 Å². The lowest BCUT2D eigenvalue weighted by atomic mass is 9.94. The molecule has 4 rings (SSSR count). The Balaban J connectivity index is 1.78. The molecule has 2 atom stereocenters. The summed E-state index contributed by atoms with van der Waals surface area (Å²) in [7, 11) is 5.13. The largest absolute Gasteiger partial charge is 0.347 e. The fourth-order valence-electron chi connectivity index (χ4n) is 3.42. The van der Waals surface area contributed by atoms with Gasteiger partial charge in [-0.25, -0.2) is 0 Å². The van der Waals surface area contributed by atoms with E-state index < -0.39 is 0 Å². The molecule has 2 bridgehead atoms. The number of nitrogens with zero attached hydrogens (tertiary/aromatic N) is 5. The molecule has 4 heterocycles. The van der Waals surface area contributed by atoms with Crippen LogP contribution in [0.2, 0.25) is 0 Å². The fraction of sp³-hybridized carbons (Fsp3) is 0.625. The molecule has 0 aromatic carbocycles. The summed E-state index contributed by atoms with van der Waals surface area (Å²) in [5.74, 6) is -0.433. The van der Waals surface area contributed by atoms with Crippen LogP contribution in [0.5, 0.6) is 0 Å². The molecule has 3 amide bonds. The number of hydrogen-bond acceptors (Lipinski definition) is 4. The second kappa shape index (κ2) is 6.26. The van der Waals surface area contributed by atoms with Crippen molar-refractivity contribution >= 4 is 17.7 Å². The molecule has 0 aliphatic carbocycles. The maximum atomic E-state index is 12.7. The summed E-state index contributed by atoms with van der Waals surface area (Å²) in [6.45, 7) is 0.967. The molecule has 0 saturated carbocycles. The van der Waals surface area contributed by atoms with Crippen molar-refractivity contribution in [2.75, 3.05) is 33.7 Å². The highest BCUT2D eigenvalue weighted by Crippen LogP contribution is 2.29. The van der Waals surface area contributed by atoms with E-state index in [0.717, 1.165) is 12.8 Å². The standard InChI is InChI=1S/C16H23N5O3/c1-18(2)14(22)10-21-13-5-4-11(16(21)24)8-20(9-13)15(23)12-6-17-19(3)7-12/h6-7,11,13H,4-5,8-10H2,1-3H3/t11-,13+/m0/s1. The molecule has 8 nitrogen and oxygen atoms in total. The SMILES string of the molecule is CN(C)C(=O)CN1C(=O)[C@H]2CC[C@@H]1CN(C(=O)c1cnn(C)c1)C2. The molecule has 1 aromatic rings. The molecular formula is C16H23N5O3. The van der Waals surface area contributed by atoms with E-state index in [0.29, 0.717) is 18.7 Å². The summed E-state index contributed by atoms with van der Waals surface area (Å²) in [5, 5.41) is 4.04. The third-order valence-corrected chi connectivity index (χ3v) is 4.84. The van der Waals surface area contributed by atoms with E-state index in [1.165, 1.54) is 4.90 Å². The third-order valence-electron chi connectivity index (χ3n) is 4.84. The van der Waals surface area contributed by atoms with Gasteiger partial charge in [0.2, 0.25) is 11.8 Å². The van der Waals surface area contributed by atoms with Gasteiger partial charge in [0.15, 0.2) is 0 Å². The Morgan fingerprint density at radius 3 is 2.67 bits per heavy atom. The summed E-state index contributed by atoms with van der Waals surface area (Å²) in [6.07, 6.45) is 4.83. The highest BCUT2D eigenvalue weighted by Gasteiger charge is 2.42. The zero-order valence-corrected chi connectivity index (χ0v) is 14.3. The monoisotopic (exact) mass is 333 g/mol. The summed E-state index contributed by atoms with van der Waals surface area (Å²) in [4.78, 5) is 42.3. The van der Waals surface area contributed by atoms with Crippen molar-refractivity contribution in [2.24, 2.45) is 13.0 Å². The lowest BCUT2D eigenvalue weighted by Crippen LogP contribution is -2.51. The number of likely N-dealkylation sites (N-methyl/N-ethyl adjacent to an activating group) is 1. The van der Waals surface area contributed by atoms with E-state index in [4.69, 9.17) is 0 Å². The van der Waals surface area contributed by atoms with Crippen molar-refractivity contribution in [3.05, 3.63) is 18.0 Å². The molecule has 0 N–H and O–H groups in total. The molecule has 0 spiro atoms. The average molecular weight is 333 g/mol. The van der Waals surface area contributed by atoms with E-state index in [1.54, 1.807) is 48.0 Å². The van der Waals surface area contributed by atoms with Crippen LogP contribution in [-0.4, -0.2) is 82.0 Å². The van der Waals surface area contributed by atoms with Gasteiger partial charge in [0.05, 0.1) is 17.7 Å². The Kier molecular flexibility index (Phi) is 4.29. The number of amides is 3. The zero-order chi connectivity index (χ0) is 17.4. The first-order valence-electron chi connectivity index (χ1n) is 8.15. The first-order valence-corrected chi connectivity index (χ1v) is 8.15. The number of fused-ring (bicyclic) bond motifs is 4. The molecule has 3 aliphatic rings. The molecular weight excluding hydrogens is 310 g/mol. The van der Waals surface area contributed by atoms with Crippen molar-refractivity contribution < 1.29 is 14.4 Å². The number of rotatable bonds is 3. The first-order chi connectivity index (χ1) is 11.4. The Morgan fingerprint density at radius 2 is 2.04 bits per heavy atom. The number of hydrogen-bond donors (Lipinski definition) is 0. The van der Waals surface area contributed by atoms with Gasteiger partial charge in [-0.15, -0.1) is 0 Å². The van der Waals surface area contributed by atoms with Crippen LogP contribution in [0, 0.1) is 5.92 Å². The lowest BCUT2D eigenvalue weighted by Gasteiger charge is -2.35. The van der Waals surface area contributed by atoms with Gasteiger partial charge >= 0.3 is 0 Å². The number of carbonyl (C=O) groups is 3. The second-order valence-electron chi connectivity index (χ2n) is 6.80. The number of carbonyl (C=O) groups excluding carboxylic acids is 3. The predicted molar refractivity (Wildman–Crippen MR) is 86.0 cm³/mol. The Hall–Kier alpha value is -2.38. The van der Waals surface area contributed by atoms with Crippen LogP contribution in [0.1, 0.15) is 23.2 Å². The van der Waals surface area contributed by atoms with Crippen molar-refractivity contribution in [3.8, 4) is 0 Å². The van der Waals surface area contributed by atoms with E-state index in [9.17, 15) is 14.4 Å². The molecule has 3 aliphatic heterocycles. The molecule has 0 unspecified atom stereocenters. The van der Waals surface area contributed by atoms with Gasteiger partial charge in [-0.3, -0.25) is 19.1 Å². The van der Waals surface area contributed by atoms with E-state index >= 15 is 0 Å². The van der Waals surface area contributed by atoms with Gasteiger partial charge in [-0.1, -0.05) is 0 Å². The average Bonchev–Trinajstić information content (AvgIpc) is 2.79. The van der Waals surface area contributed by atoms with Gasteiger partial charge in [-0.05, 0) is 12.8 Å². The number of piperidine rings is 1. The molecule has 130 valence electrons. The van der Waals surface area contributed by atoms with Crippen LogP contribution in [0.3, 0.4) is 0 Å². The van der Waals surface area contributed by atoms with Crippen LogP contribution in [-0.2, 0) is 16.6 Å². The van der Waals surface area contributed by atoms with Gasteiger partial charge in [-0.2, -0.15) is 5.10 Å². The van der Waals surface area contributed by atoms with Gasteiger partial charge in [0, 0.05) is 46.5 Å². The zero-order valence-electron chi connectivity index (χ0n) is 14.3. The quantitative estimate of drug-likeness (QED) is 0.752. The molecule has 24 heavy (non-hydrogen) atoms. The second-order valence-corrected chi connectivity index (χ2v) is 6.80. The smallest absolute Gasteiger partial charge is 0.257 e. The van der Waals surface area contributed by atoms with E-state index in [-0.39, 0.29) is 36.2 Å². The van der Waals surface area contributed by atoms with Crippen molar-refractivity contribution in [3.63, 3.8) is 0 Å². The topological polar surface area (TPSA) is 78.8 Å². The first kappa shape index (κ1) is 16.5. The normalized spacial score (nSPS) is 23.4. The van der Waals surface area contributed by atoms with Crippen molar-refractivity contribution in [2.45, 2.75) is 18.9 Å². The summed E-state index contributed by atoms with van der Waals surface area (Å²) in [5.41, 5.74) is 0.530. The molecule has 3 fully saturated rings. The van der Waals surface area contributed by atoms with Crippen LogP contribution < -0.4 is 0 Å². The lowest BCUT2D eigenvalue weighted by molar-refractivity contribution is -0.145. The Labute approximate surface area is 141 Å². The molecule has 3 saturated heterocycles. The summed E-state index contributed by atoms with van der Waals surface area (Å²) >= 11 is 0. The minimum Gasteiger partial charge on any atom is -0.347 e. The van der Waals surface area contributed by atoms with Crippen molar-refractivity contribution in [1.29, 1.82) is 0 Å². The maximum absolute atomic E-state index is 12.7. The fourth-order valence-corrected chi connectivity index (χ4v) is 3.42. The van der Waals surface area contributed by atoms with E-state index in [1.807, 2.05) is 0 Å². The Bertz CT molecular complexity index is 668. The predicted octanol–water partition coefficient (Wildman–Crippen LogP) is -0.429. The molecule has 8 heteroatoms. The summed E-state index contributed by atoms with van der Waals surface area (Å²) < 4.78 is 1.59. The van der Waals surface area contributed by atoms with Crippen LogP contribution in [0.25, 0.3) is 0 Å². The maximum Gasteiger partial charge on any atom is 0.257 e. The van der Waals surface area contributed by atoms with Gasteiger partial charge in [0.1, 0.15) is 6.54 Å². The minimum atomic E-state index is -0.223. The minimum absolute atomic E-state index is 0.0112. The Morgan fingerprint density at radius 1 is 1.29 bits per heavy atom. The highest BCUT2D eigenvalue weighted by atomic mass is 16.2. The van der Waals surface area contributed by atoms with Crippen molar-refractivity contribution in [1.82, 2.24) is 24.5 Å². The van der Waals surface area contributed by atoms with Crippen LogP contribution in [0.4, 0.5) is 0 Å². The molecule has 0 radical (unpaired) electrons.